The molecule has 0 saturated heterocycles. The Morgan fingerprint density at radius 2 is 1.79 bits per heavy atom. The van der Waals surface area contributed by atoms with Crippen molar-refractivity contribution in [3.8, 4) is 0 Å². The highest BCUT2D eigenvalue weighted by molar-refractivity contribution is 7.92. The van der Waals surface area contributed by atoms with Gasteiger partial charge in [-0.15, -0.1) is 0 Å². The van der Waals surface area contributed by atoms with Crippen molar-refractivity contribution in [1.29, 1.82) is 0 Å². The maximum Gasteiger partial charge on any atom is 0.240 e. The van der Waals surface area contributed by atoms with Gasteiger partial charge in [0.15, 0.2) is 11.6 Å². The van der Waals surface area contributed by atoms with Crippen LogP contribution in [0.4, 0.5) is 14.5 Å². The molecule has 1 atom stereocenters. The summed E-state index contributed by atoms with van der Waals surface area (Å²) in [7, 11) is -3.85. The molecule has 2 rings (SSSR count). The molecule has 2 aromatic carbocycles. The number of anilines is 1. The van der Waals surface area contributed by atoms with Crippen LogP contribution >= 0.6 is 0 Å². The van der Waals surface area contributed by atoms with E-state index in [4.69, 9.17) is 0 Å². The van der Waals surface area contributed by atoms with Crippen LogP contribution in [0.25, 0.3) is 0 Å². The number of benzene rings is 2. The molecule has 0 radical (unpaired) electrons. The van der Waals surface area contributed by atoms with Crippen LogP contribution in [0.2, 0.25) is 0 Å². The maximum atomic E-state index is 13.5. The molecule has 1 N–H and O–H groups in total. The molecular weight excluding hydrogens is 386 g/mol. The van der Waals surface area contributed by atoms with E-state index in [9.17, 15) is 22.0 Å². The van der Waals surface area contributed by atoms with E-state index in [0.29, 0.717) is 6.54 Å². The highest BCUT2D eigenvalue weighted by Gasteiger charge is 2.22. The predicted molar refractivity (Wildman–Crippen MR) is 105 cm³/mol. The average Bonchev–Trinajstić information content (AvgIpc) is 2.65. The van der Waals surface area contributed by atoms with E-state index in [-0.39, 0.29) is 11.6 Å². The molecular formula is C20H24F2N2O3S. The van der Waals surface area contributed by atoms with Gasteiger partial charge in [-0.05, 0) is 30.0 Å². The summed E-state index contributed by atoms with van der Waals surface area (Å²) >= 11 is 0. The van der Waals surface area contributed by atoms with Crippen LogP contribution in [0.5, 0.6) is 0 Å². The summed E-state index contributed by atoms with van der Waals surface area (Å²) in [6.45, 7) is 1.90. The second-order valence-corrected chi connectivity index (χ2v) is 8.54. The fraction of sp³-hybridized carbons (Fsp3) is 0.350. The van der Waals surface area contributed by atoms with Crippen LogP contribution in [0.1, 0.15) is 18.9 Å². The Morgan fingerprint density at radius 1 is 1.11 bits per heavy atom. The van der Waals surface area contributed by atoms with Crippen molar-refractivity contribution in [2.75, 3.05) is 23.7 Å². The van der Waals surface area contributed by atoms with Crippen molar-refractivity contribution in [2.45, 2.75) is 19.8 Å². The molecule has 152 valence electrons. The van der Waals surface area contributed by atoms with E-state index < -0.39 is 34.1 Å². The number of nitrogens with zero attached hydrogens (tertiary/aromatic N) is 1. The standard InChI is InChI=1S/C20H24F2N2O3S/c1-3-15(11-16-7-5-4-6-8-16)13-23-20(25)14-24(28(2,26)27)17-9-10-18(21)19(22)12-17/h4-10,12,15H,3,11,13-14H2,1-2H3,(H,23,25). The topological polar surface area (TPSA) is 66.5 Å². The van der Waals surface area contributed by atoms with Gasteiger partial charge in [0.25, 0.3) is 0 Å². The Labute approximate surface area is 164 Å². The third-order valence-corrected chi connectivity index (χ3v) is 5.55. The van der Waals surface area contributed by atoms with Gasteiger partial charge < -0.3 is 5.32 Å². The van der Waals surface area contributed by atoms with E-state index in [1.54, 1.807) is 0 Å². The number of carbonyl (C=O) groups excluding carboxylic acids is 1. The van der Waals surface area contributed by atoms with E-state index in [1.807, 2.05) is 37.3 Å². The van der Waals surface area contributed by atoms with Gasteiger partial charge in [-0.2, -0.15) is 0 Å². The molecule has 2 aromatic rings. The number of nitrogens with one attached hydrogen (secondary N) is 1. The first-order chi connectivity index (χ1) is 13.2. The smallest absolute Gasteiger partial charge is 0.240 e. The summed E-state index contributed by atoms with van der Waals surface area (Å²) in [4.78, 5) is 12.3. The lowest BCUT2D eigenvalue weighted by Gasteiger charge is -2.23. The molecule has 1 unspecified atom stereocenters. The fourth-order valence-corrected chi connectivity index (χ4v) is 3.64. The van der Waals surface area contributed by atoms with E-state index >= 15 is 0 Å². The second-order valence-electron chi connectivity index (χ2n) is 6.64. The molecule has 28 heavy (non-hydrogen) atoms. The number of halogens is 2. The van der Waals surface area contributed by atoms with Crippen LogP contribution in [0.3, 0.4) is 0 Å². The molecule has 0 bridgehead atoms. The summed E-state index contributed by atoms with van der Waals surface area (Å²) in [6, 6.07) is 12.6. The third-order valence-electron chi connectivity index (χ3n) is 4.41. The van der Waals surface area contributed by atoms with Crippen LogP contribution in [-0.2, 0) is 21.2 Å². The second kappa shape index (κ2) is 9.64. The number of amides is 1. The summed E-state index contributed by atoms with van der Waals surface area (Å²) in [5, 5.41) is 2.74. The van der Waals surface area contributed by atoms with Crippen LogP contribution in [0, 0.1) is 17.6 Å². The van der Waals surface area contributed by atoms with Gasteiger partial charge in [0.2, 0.25) is 15.9 Å². The quantitative estimate of drug-likeness (QED) is 0.691. The van der Waals surface area contributed by atoms with Gasteiger partial charge in [0, 0.05) is 12.6 Å². The molecule has 0 fully saturated rings. The summed E-state index contributed by atoms with van der Waals surface area (Å²) in [5.74, 6) is -2.59. The van der Waals surface area contributed by atoms with Crippen molar-refractivity contribution in [3.63, 3.8) is 0 Å². The van der Waals surface area contributed by atoms with Crippen molar-refractivity contribution in [3.05, 3.63) is 65.7 Å². The lowest BCUT2D eigenvalue weighted by molar-refractivity contribution is -0.119. The maximum absolute atomic E-state index is 13.5. The van der Waals surface area contributed by atoms with Crippen molar-refractivity contribution in [1.82, 2.24) is 5.32 Å². The summed E-state index contributed by atoms with van der Waals surface area (Å²) < 4.78 is 51.4. The van der Waals surface area contributed by atoms with Crippen LogP contribution < -0.4 is 9.62 Å². The van der Waals surface area contributed by atoms with Crippen LogP contribution in [-0.4, -0.2) is 33.7 Å². The highest BCUT2D eigenvalue weighted by Crippen LogP contribution is 2.20. The zero-order valence-electron chi connectivity index (χ0n) is 15.9. The first-order valence-electron chi connectivity index (χ1n) is 8.94. The monoisotopic (exact) mass is 410 g/mol. The Bertz CT molecular complexity index is 905. The van der Waals surface area contributed by atoms with Gasteiger partial charge in [-0.25, -0.2) is 17.2 Å². The number of hydrogen-bond acceptors (Lipinski definition) is 3. The molecule has 8 heteroatoms. The van der Waals surface area contributed by atoms with Gasteiger partial charge in [0.1, 0.15) is 6.54 Å². The Balaban J connectivity index is 2.02. The Hall–Kier alpha value is -2.48. The number of rotatable bonds is 9. The normalized spacial score (nSPS) is 12.4. The Morgan fingerprint density at radius 3 is 2.36 bits per heavy atom. The minimum atomic E-state index is -3.85. The molecule has 0 aliphatic rings. The molecule has 0 spiro atoms. The number of sulfonamides is 1. The van der Waals surface area contributed by atoms with Crippen LogP contribution in [0.15, 0.2) is 48.5 Å². The highest BCUT2D eigenvalue weighted by atomic mass is 32.2. The number of carbonyl (C=O) groups is 1. The molecule has 5 nitrogen and oxygen atoms in total. The predicted octanol–water partition coefficient (Wildman–Crippen LogP) is 3.12. The molecule has 0 heterocycles. The largest absolute Gasteiger partial charge is 0.354 e. The number of hydrogen-bond donors (Lipinski definition) is 1. The van der Waals surface area contributed by atoms with Crippen molar-refractivity contribution >= 4 is 21.6 Å². The van der Waals surface area contributed by atoms with Gasteiger partial charge >= 0.3 is 0 Å². The average molecular weight is 410 g/mol. The Kier molecular flexibility index (Phi) is 7.51. The zero-order chi connectivity index (χ0) is 20.7. The van der Waals surface area contributed by atoms with E-state index in [0.717, 1.165) is 47.2 Å². The molecule has 0 saturated carbocycles. The minimum absolute atomic E-state index is 0.104. The van der Waals surface area contributed by atoms with Gasteiger partial charge in [-0.3, -0.25) is 9.10 Å². The van der Waals surface area contributed by atoms with Crippen molar-refractivity contribution < 1.29 is 22.0 Å². The SMILES string of the molecule is CCC(CNC(=O)CN(c1ccc(F)c(F)c1)S(C)(=O)=O)Cc1ccccc1. The van der Waals surface area contributed by atoms with Crippen molar-refractivity contribution in [2.24, 2.45) is 5.92 Å². The molecule has 1 amide bonds. The fourth-order valence-electron chi connectivity index (χ4n) is 2.79. The lowest BCUT2D eigenvalue weighted by Crippen LogP contribution is -2.42. The first kappa shape index (κ1) is 21.8. The summed E-state index contributed by atoms with van der Waals surface area (Å²) in [6.07, 6.45) is 2.54. The van der Waals surface area contributed by atoms with E-state index in [2.05, 4.69) is 5.32 Å². The van der Waals surface area contributed by atoms with Gasteiger partial charge in [-0.1, -0.05) is 43.7 Å². The van der Waals surface area contributed by atoms with E-state index in [1.165, 1.54) is 0 Å². The zero-order valence-corrected chi connectivity index (χ0v) is 16.7. The molecule has 0 aliphatic heterocycles. The minimum Gasteiger partial charge on any atom is -0.354 e. The first-order valence-corrected chi connectivity index (χ1v) is 10.8. The molecule has 0 aromatic heterocycles. The lowest BCUT2D eigenvalue weighted by atomic mass is 9.97. The van der Waals surface area contributed by atoms with Gasteiger partial charge in [0.05, 0.1) is 11.9 Å². The molecule has 0 aliphatic carbocycles. The summed E-state index contributed by atoms with van der Waals surface area (Å²) in [5.41, 5.74) is 1.05. The third kappa shape index (κ3) is 6.30.